The van der Waals surface area contributed by atoms with Crippen LogP contribution in [0, 0.1) is 0 Å². The second-order valence-electron chi connectivity index (χ2n) is 2.33. The Morgan fingerprint density at radius 2 is 1.64 bits per heavy atom. The Morgan fingerprint density at radius 1 is 1.18 bits per heavy atom. The van der Waals surface area contributed by atoms with Crippen LogP contribution in [-0.4, -0.2) is 29.2 Å². The summed E-state index contributed by atoms with van der Waals surface area (Å²) >= 11 is 0. The molecular weight excluding hydrogens is 142 g/mol. The third-order valence-electron chi connectivity index (χ3n) is 1.63. The maximum atomic E-state index is 10.3. The zero-order chi connectivity index (χ0) is 8.69. The van der Waals surface area contributed by atoms with E-state index in [1.807, 2.05) is 13.8 Å². The van der Waals surface area contributed by atoms with Crippen LogP contribution in [0.3, 0.4) is 0 Å². The van der Waals surface area contributed by atoms with E-state index in [1.54, 1.807) is 0 Å². The molecule has 1 aliphatic heterocycles. The Balaban J connectivity index is 0.000000461. The molecule has 1 heterocycles. The summed E-state index contributed by atoms with van der Waals surface area (Å²) in [4.78, 5) is 11.8. The van der Waals surface area contributed by atoms with Crippen LogP contribution >= 0.6 is 0 Å². The predicted octanol–water partition coefficient (Wildman–Crippen LogP) is 2.18. The molecule has 3 heteroatoms. The van der Waals surface area contributed by atoms with E-state index in [4.69, 9.17) is 5.11 Å². The van der Waals surface area contributed by atoms with Gasteiger partial charge in [0.15, 0.2) is 0 Å². The topological polar surface area (TPSA) is 40.5 Å². The summed E-state index contributed by atoms with van der Waals surface area (Å²) in [5, 5.41) is 8.46. The van der Waals surface area contributed by atoms with Crippen LogP contribution in [-0.2, 0) is 0 Å². The highest BCUT2D eigenvalue weighted by Gasteiger charge is 2.13. The molecule has 1 rings (SSSR count). The van der Waals surface area contributed by atoms with E-state index in [0.29, 0.717) is 0 Å². The molecule has 0 saturated carbocycles. The van der Waals surface area contributed by atoms with Crippen LogP contribution in [0.15, 0.2) is 0 Å². The van der Waals surface area contributed by atoms with Crippen LogP contribution in [0.2, 0.25) is 0 Å². The van der Waals surface area contributed by atoms with Crippen molar-refractivity contribution in [2.45, 2.75) is 33.1 Å². The zero-order valence-corrected chi connectivity index (χ0v) is 7.34. The lowest BCUT2D eigenvalue weighted by Crippen LogP contribution is -2.34. The lowest BCUT2D eigenvalue weighted by molar-refractivity contribution is 0.136. The maximum Gasteiger partial charge on any atom is 0.407 e. The number of hydrogen-bond donors (Lipinski definition) is 1. The van der Waals surface area contributed by atoms with Gasteiger partial charge in [-0.3, -0.25) is 0 Å². The Morgan fingerprint density at radius 3 is 1.91 bits per heavy atom. The summed E-state index contributed by atoms with van der Waals surface area (Å²) in [6.07, 6.45) is 2.48. The molecule has 1 amide bonds. The molecule has 0 aromatic carbocycles. The Kier molecular flexibility index (Phi) is 5.61. The van der Waals surface area contributed by atoms with E-state index < -0.39 is 6.09 Å². The molecule has 3 nitrogen and oxygen atoms in total. The van der Waals surface area contributed by atoms with Crippen molar-refractivity contribution < 1.29 is 9.90 Å². The molecule has 0 aromatic heterocycles. The Labute approximate surface area is 68.0 Å². The average molecular weight is 159 g/mol. The molecule has 1 aliphatic rings. The molecule has 0 radical (unpaired) electrons. The summed E-state index contributed by atoms with van der Waals surface area (Å²) < 4.78 is 0. The number of nitrogens with zero attached hydrogens (tertiary/aromatic N) is 1. The van der Waals surface area contributed by atoms with Gasteiger partial charge in [-0.15, -0.1) is 0 Å². The highest BCUT2D eigenvalue weighted by molar-refractivity contribution is 5.64. The Hall–Kier alpha value is -0.730. The van der Waals surface area contributed by atoms with Gasteiger partial charge in [0.25, 0.3) is 0 Å². The minimum atomic E-state index is -0.769. The van der Waals surface area contributed by atoms with Crippen LogP contribution in [0.5, 0.6) is 0 Å². The number of likely N-dealkylation sites (tertiary alicyclic amines) is 1. The zero-order valence-electron chi connectivity index (χ0n) is 7.34. The van der Waals surface area contributed by atoms with E-state index in [2.05, 4.69) is 0 Å². The quantitative estimate of drug-likeness (QED) is 0.588. The van der Waals surface area contributed by atoms with E-state index in [0.717, 1.165) is 25.9 Å². The standard InChI is InChI=1S/C6H11NO2.C2H6/c8-6(9)7-4-2-1-3-5-7;1-2/h1-5H2,(H,8,9);1-2H3. The average Bonchev–Trinajstić information content (AvgIpc) is 2.10. The molecule has 0 unspecified atom stereocenters. The monoisotopic (exact) mass is 159 g/mol. The Bertz CT molecular complexity index is 109. The molecule has 0 atom stereocenters. The van der Waals surface area contributed by atoms with Crippen LogP contribution in [0.4, 0.5) is 4.79 Å². The largest absolute Gasteiger partial charge is 0.465 e. The highest BCUT2D eigenvalue weighted by Crippen LogP contribution is 2.07. The first kappa shape index (κ1) is 10.3. The van der Waals surface area contributed by atoms with Crippen LogP contribution < -0.4 is 0 Å². The smallest absolute Gasteiger partial charge is 0.407 e. The minimum absolute atomic E-state index is 0.731. The lowest BCUT2D eigenvalue weighted by Gasteiger charge is -2.22. The van der Waals surface area contributed by atoms with Gasteiger partial charge >= 0.3 is 6.09 Å². The number of carboxylic acid groups (broad SMARTS) is 1. The van der Waals surface area contributed by atoms with E-state index in [-0.39, 0.29) is 0 Å². The fourth-order valence-electron chi connectivity index (χ4n) is 1.09. The predicted molar refractivity (Wildman–Crippen MR) is 44.8 cm³/mol. The van der Waals surface area contributed by atoms with E-state index >= 15 is 0 Å². The summed E-state index contributed by atoms with van der Waals surface area (Å²) in [5.74, 6) is 0. The van der Waals surface area contributed by atoms with Crippen molar-refractivity contribution in [2.24, 2.45) is 0 Å². The number of piperidine rings is 1. The fraction of sp³-hybridized carbons (Fsp3) is 0.875. The lowest BCUT2D eigenvalue weighted by atomic mass is 10.1. The van der Waals surface area contributed by atoms with Gasteiger partial charge in [0.1, 0.15) is 0 Å². The first-order chi connectivity index (χ1) is 5.30. The minimum Gasteiger partial charge on any atom is -0.465 e. The second kappa shape index (κ2) is 6.01. The van der Waals surface area contributed by atoms with Crippen LogP contribution in [0.25, 0.3) is 0 Å². The third-order valence-corrected chi connectivity index (χ3v) is 1.63. The van der Waals surface area contributed by atoms with Gasteiger partial charge < -0.3 is 10.0 Å². The normalized spacial score (nSPS) is 16.7. The molecule has 1 fully saturated rings. The van der Waals surface area contributed by atoms with E-state index in [1.165, 1.54) is 11.3 Å². The number of carbonyl (C=O) groups is 1. The van der Waals surface area contributed by atoms with Gasteiger partial charge in [-0.05, 0) is 19.3 Å². The summed E-state index contributed by atoms with van der Waals surface area (Å²) in [6, 6.07) is 0. The van der Waals surface area contributed by atoms with Gasteiger partial charge in [0.2, 0.25) is 0 Å². The van der Waals surface area contributed by atoms with Gasteiger partial charge in [-0.1, -0.05) is 13.8 Å². The molecule has 0 bridgehead atoms. The molecule has 66 valence electrons. The number of hydrogen-bond acceptors (Lipinski definition) is 1. The first-order valence-electron chi connectivity index (χ1n) is 4.28. The summed E-state index contributed by atoms with van der Waals surface area (Å²) in [6.45, 7) is 5.46. The SMILES string of the molecule is CC.O=C(O)N1CCCCC1. The van der Waals surface area contributed by atoms with Crippen molar-refractivity contribution in [3.8, 4) is 0 Å². The van der Waals surface area contributed by atoms with Crippen molar-refractivity contribution in [2.75, 3.05) is 13.1 Å². The third kappa shape index (κ3) is 3.86. The maximum absolute atomic E-state index is 10.3. The molecule has 1 saturated heterocycles. The molecule has 11 heavy (non-hydrogen) atoms. The van der Waals surface area contributed by atoms with Gasteiger partial charge in [-0.2, -0.15) is 0 Å². The van der Waals surface area contributed by atoms with Crippen molar-refractivity contribution in [3.05, 3.63) is 0 Å². The highest BCUT2D eigenvalue weighted by atomic mass is 16.4. The van der Waals surface area contributed by atoms with Gasteiger partial charge in [0, 0.05) is 13.1 Å². The van der Waals surface area contributed by atoms with Crippen molar-refractivity contribution in [1.29, 1.82) is 0 Å². The molecule has 0 spiro atoms. The summed E-state index contributed by atoms with van der Waals surface area (Å²) in [5.41, 5.74) is 0. The summed E-state index contributed by atoms with van der Waals surface area (Å²) in [7, 11) is 0. The number of rotatable bonds is 0. The van der Waals surface area contributed by atoms with Gasteiger partial charge in [-0.25, -0.2) is 4.79 Å². The number of amides is 1. The molecular formula is C8H17NO2. The molecule has 0 aliphatic carbocycles. The fourth-order valence-corrected chi connectivity index (χ4v) is 1.09. The first-order valence-corrected chi connectivity index (χ1v) is 4.28. The van der Waals surface area contributed by atoms with Gasteiger partial charge in [0.05, 0.1) is 0 Å². The molecule has 1 N–H and O–H groups in total. The van der Waals surface area contributed by atoms with Crippen LogP contribution in [0.1, 0.15) is 33.1 Å². The second-order valence-corrected chi connectivity index (χ2v) is 2.33. The van der Waals surface area contributed by atoms with Crippen molar-refractivity contribution in [1.82, 2.24) is 4.90 Å². The van der Waals surface area contributed by atoms with Crippen molar-refractivity contribution >= 4 is 6.09 Å². The molecule has 0 aromatic rings. The van der Waals surface area contributed by atoms with Crippen molar-refractivity contribution in [3.63, 3.8) is 0 Å². The van der Waals surface area contributed by atoms with E-state index in [9.17, 15) is 4.79 Å².